The van der Waals surface area contributed by atoms with E-state index in [4.69, 9.17) is 0 Å². The lowest BCUT2D eigenvalue weighted by Crippen LogP contribution is -2.37. The highest BCUT2D eigenvalue weighted by Gasteiger charge is 2.42. The molecule has 3 saturated carbocycles. The predicted octanol–water partition coefficient (Wildman–Crippen LogP) is 3.46. The molecule has 2 bridgehead atoms. The standard InChI is InChI=1S/C16H27NO/c1-11(2)10-17(15-5-6-15)16(18)9-14-8-12-3-4-13(14)7-12/h11-15H,3-10H2,1-2H3/t12-,13-,14+/m0/s1. The largest absolute Gasteiger partial charge is 0.339 e. The van der Waals surface area contributed by atoms with Crippen LogP contribution in [0.4, 0.5) is 0 Å². The van der Waals surface area contributed by atoms with E-state index in [-0.39, 0.29) is 0 Å². The lowest BCUT2D eigenvalue weighted by Gasteiger charge is -2.28. The molecule has 3 atom stereocenters. The van der Waals surface area contributed by atoms with E-state index in [0.717, 1.165) is 30.7 Å². The summed E-state index contributed by atoms with van der Waals surface area (Å²) in [5.41, 5.74) is 0. The van der Waals surface area contributed by atoms with E-state index in [0.29, 0.717) is 17.9 Å². The van der Waals surface area contributed by atoms with Crippen LogP contribution >= 0.6 is 0 Å². The fourth-order valence-electron chi connectivity index (χ4n) is 4.20. The third kappa shape index (κ3) is 2.57. The number of carbonyl (C=O) groups excluding carboxylic acids is 1. The Hall–Kier alpha value is -0.530. The van der Waals surface area contributed by atoms with Gasteiger partial charge in [0, 0.05) is 19.0 Å². The van der Waals surface area contributed by atoms with Crippen molar-refractivity contribution < 1.29 is 4.79 Å². The fraction of sp³-hybridized carbons (Fsp3) is 0.938. The van der Waals surface area contributed by atoms with Crippen molar-refractivity contribution in [1.82, 2.24) is 4.90 Å². The zero-order valence-electron chi connectivity index (χ0n) is 11.9. The number of hydrogen-bond donors (Lipinski definition) is 0. The maximum absolute atomic E-state index is 12.5. The average molecular weight is 249 g/mol. The SMILES string of the molecule is CC(C)CN(C(=O)C[C@H]1C[C@H]2CC[C@H]1C2)C1CC1. The monoisotopic (exact) mass is 249 g/mol. The van der Waals surface area contributed by atoms with Crippen LogP contribution in [0.5, 0.6) is 0 Å². The van der Waals surface area contributed by atoms with Crippen LogP contribution < -0.4 is 0 Å². The molecule has 18 heavy (non-hydrogen) atoms. The first-order chi connectivity index (χ1) is 8.63. The molecule has 0 N–H and O–H groups in total. The van der Waals surface area contributed by atoms with Crippen LogP contribution in [0.2, 0.25) is 0 Å². The van der Waals surface area contributed by atoms with Crippen LogP contribution in [0, 0.1) is 23.7 Å². The van der Waals surface area contributed by atoms with Gasteiger partial charge in [-0.05, 0) is 55.8 Å². The number of amides is 1. The van der Waals surface area contributed by atoms with Gasteiger partial charge in [-0.15, -0.1) is 0 Å². The second-order valence-electron chi connectivity index (χ2n) is 7.31. The molecule has 0 radical (unpaired) electrons. The van der Waals surface area contributed by atoms with Gasteiger partial charge in [0.05, 0.1) is 0 Å². The van der Waals surface area contributed by atoms with Gasteiger partial charge in [0.15, 0.2) is 0 Å². The number of fused-ring (bicyclic) bond motifs is 2. The highest BCUT2D eigenvalue weighted by molar-refractivity contribution is 5.77. The molecule has 1 amide bonds. The third-order valence-electron chi connectivity index (χ3n) is 5.19. The number of hydrogen-bond acceptors (Lipinski definition) is 1. The molecule has 102 valence electrons. The van der Waals surface area contributed by atoms with Crippen LogP contribution in [0.25, 0.3) is 0 Å². The van der Waals surface area contributed by atoms with E-state index < -0.39 is 0 Å². The van der Waals surface area contributed by atoms with Gasteiger partial charge in [-0.2, -0.15) is 0 Å². The van der Waals surface area contributed by atoms with Gasteiger partial charge in [-0.25, -0.2) is 0 Å². The molecular formula is C16H27NO. The van der Waals surface area contributed by atoms with E-state index in [1.807, 2.05) is 0 Å². The lowest BCUT2D eigenvalue weighted by atomic mass is 9.86. The summed E-state index contributed by atoms with van der Waals surface area (Å²) in [4.78, 5) is 14.7. The summed E-state index contributed by atoms with van der Waals surface area (Å²) in [6.45, 7) is 5.42. The van der Waals surface area contributed by atoms with Crippen LogP contribution in [0.3, 0.4) is 0 Å². The first-order valence-electron chi connectivity index (χ1n) is 7.93. The van der Waals surface area contributed by atoms with E-state index in [1.165, 1.54) is 38.5 Å². The molecule has 3 fully saturated rings. The molecule has 0 spiro atoms. The van der Waals surface area contributed by atoms with Crippen molar-refractivity contribution >= 4 is 5.91 Å². The quantitative estimate of drug-likeness (QED) is 0.730. The second kappa shape index (κ2) is 4.86. The van der Waals surface area contributed by atoms with Crippen molar-refractivity contribution in [2.24, 2.45) is 23.7 Å². The molecule has 3 aliphatic carbocycles. The number of nitrogens with zero attached hydrogens (tertiary/aromatic N) is 1. The molecule has 0 aromatic carbocycles. The molecule has 3 rings (SSSR count). The summed E-state index contributed by atoms with van der Waals surface area (Å²) in [5, 5.41) is 0. The maximum Gasteiger partial charge on any atom is 0.223 e. The molecule has 2 heteroatoms. The smallest absolute Gasteiger partial charge is 0.223 e. The Kier molecular flexibility index (Phi) is 3.38. The molecule has 0 aromatic rings. The Bertz CT molecular complexity index is 321. The Morgan fingerprint density at radius 1 is 1.17 bits per heavy atom. The predicted molar refractivity (Wildman–Crippen MR) is 73.1 cm³/mol. The van der Waals surface area contributed by atoms with Crippen LogP contribution in [-0.4, -0.2) is 23.4 Å². The zero-order valence-corrected chi connectivity index (χ0v) is 11.9. The Morgan fingerprint density at radius 3 is 2.44 bits per heavy atom. The summed E-state index contributed by atoms with van der Waals surface area (Å²) in [7, 11) is 0. The Morgan fingerprint density at radius 2 is 1.94 bits per heavy atom. The van der Waals surface area contributed by atoms with E-state index >= 15 is 0 Å². The molecule has 2 nitrogen and oxygen atoms in total. The first kappa shape index (κ1) is 12.5. The Balaban J connectivity index is 1.55. The van der Waals surface area contributed by atoms with Gasteiger partial charge >= 0.3 is 0 Å². The van der Waals surface area contributed by atoms with Gasteiger partial charge in [-0.3, -0.25) is 4.79 Å². The zero-order chi connectivity index (χ0) is 12.7. The highest BCUT2D eigenvalue weighted by atomic mass is 16.2. The summed E-state index contributed by atoms with van der Waals surface area (Å²) in [5.74, 6) is 3.65. The average Bonchev–Trinajstić information content (AvgIpc) is 2.95. The first-order valence-corrected chi connectivity index (χ1v) is 7.93. The number of rotatable bonds is 5. The van der Waals surface area contributed by atoms with Crippen molar-refractivity contribution in [1.29, 1.82) is 0 Å². The lowest BCUT2D eigenvalue weighted by molar-refractivity contribution is -0.133. The summed E-state index contributed by atoms with van der Waals surface area (Å²) in [6.07, 6.45) is 8.95. The van der Waals surface area contributed by atoms with Crippen molar-refractivity contribution in [2.75, 3.05) is 6.54 Å². The summed E-state index contributed by atoms with van der Waals surface area (Å²) >= 11 is 0. The van der Waals surface area contributed by atoms with Crippen LogP contribution in [0.15, 0.2) is 0 Å². The summed E-state index contributed by atoms with van der Waals surface area (Å²) in [6, 6.07) is 0.596. The molecule has 0 saturated heterocycles. The van der Waals surface area contributed by atoms with Crippen molar-refractivity contribution in [2.45, 2.75) is 64.8 Å². The third-order valence-corrected chi connectivity index (χ3v) is 5.19. The fourth-order valence-corrected chi connectivity index (χ4v) is 4.20. The van der Waals surface area contributed by atoms with Gasteiger partial charge in [0.25, 0.3) is 0 Å². The Labute approximate surface area is 111 Å². The van der Waals surface area contributed by atoms with Crippen LogP contribution in [0.1, 0.15) is 58.8 Å². The minimum Gasteiger partial charge on any atom is -0.339 e. The van der Waals surface area contributed by atoms with E-state index in [2.05, 4.69) is 18.7 Å². The van der Waals surface area contributed by atoms with E-state index in [9.17, 15) is 4.79 Å². The van der Waals surface area contributed by atoms with Crippen molar-refractivity contribution in [3.05, 3.63) is 0 Å². The van der Waals surface area contributed by atoms with Gasteiger partial charge in [0.1, 0.15) is 0 Å². The van der Waals surface area contributed by atoms with Gasteiger partial charge in [-0.1, -0.05) is 20.3 Å². The molecule has 0 aromatic heterocycles. The maximum atomic E-state index is 12.5. The normalized spacial score (nSPS) is 34.3. The van der Waals surface area contributed by atoms with E-state index in [1.54, 1.807) is 0 Å². The van der Waals surface area contributed by atoms with Gasteiger partial charge < -0.3 is 4.90 Å². The van der Waals surface area contributed by atoms with Crippen molar-refractivity contribution in [3.63, 3.8) is 0 Å². The molecule has 0 aliphatic heterocycles. The molecule has 0 heterocycles. The minimum atomic E-state index is 0.462. The summed E-state index contributed by atoms with van der Waals surface area (Å²) < 4.78 is 0. The topological polar surface area (TPSA) is 20.3 Å². The molecule has 3 aliphatic rings. The van der Waals surface area contributed by atoms with Crippen molar-refractivity contribution in [3.8, 4) is 0 Å². The van der Waals surface area contributed by atoms with Crippen LogP contribution in [-0.2, 0) is 4.79 Å². The number of carbonyl (C=O) groups is 1. The molecule has 0 unspecified atom stereocenters. The van der Waals surface area contributed by atoms with Gasteiger partial charge in [0.2, 0.25) is 5.91 Å². The second-order valence-corrected chi connectivity index (χ2v) is 7.31. The highest BCUT2D eigenvalue weighted by Crippen LogP contribution is 2.49. The molecular weight excluding hydrogens is 222 g/mol. The minimum absolute atomic E-state index is 0.462.